The first-order valence-electron chi connectivity index (χ1n) is 22.4. The number of aromatic nitrogens is 3. The minimum atomic E-state index is -0.762. The first-order chi connectivity index (χ1) is 29.7. The number of benzene rings is 2. The smallest absolute Gasteiger partial charge is 0.233 e. The summed E-state index contributed by atoms with van der Waals surface area (Å²) in [5, 5.41) is 14.7. The van der Waals surface area contributed by atoms with Gasteiger partial charge in [-0.3, -0.25) is 28.9 Å². The standard InChI is InChI=1S/C49H69N7O6S/c1-11-34-35(20-16-30-63(8,9)10)32(2)41-42(34)46(60)55(45(41)59)28-23-39(57)50-27-24-49(5,6)62-29-25-48(3,4)47(61)51-26-22-40(58)56-31-33-17-12-13-18-36(33)44-43(52-53-54(44)7)37-19-14-15-21-38(37)56/h11-15,17-19,21,32,34-35,41-42H,1,16,20,22-31H2,2-10H3,(H,50,57)(H,51,61). The first-order valence-corrected chi connectivity index (χ1v) is 25.5. The minimum Gasteiger partial charge on any atom is -0.375 e. The Balaban J connectivity index is 0.917. The Kier molecular flexibility index (Phi) is 14.8. The fourth-order valence-corrected chi connectivity index (χ4v) is 10.7. The predicted molar refractivity (Wildman–Crippen MR) is 251 cm³/mol. The van der Waals surface area contributed by atoms with E-state index >= 15 is 0 Å². The van der Waals surface area contributed by atoms with Crippen molar-refractivity contribution in [3.8, 4) is 22.5 Å². The molecule has 0 radical (unpaired) electrons. The Bertz CT molecular complexity index is 2190. The van der Waals surface area contributed by atoms with Crippen LogP contribution in [0.25, 0.3) is 22.5 Å². The molecule has 2 aliphatic heterocycles. The van der Waals surface area contributed by atoms with Crippen LogP contribution >= 0.6 is 10.0 Å². The van der Waals surface area contributed by atoms with E-state index in [1.165, 1.54) is 10.7 Å². The van der Waals surface area contributed by atoms with Crippen molar-refractivity contribution in [1.29, 1.82) is 0 Å². The van der Waals surface area contributed by atoms with Crippen molar-refractivity contribution in [3.05, 3.63) is 66.7 Å². The van der Waals surface area contributed by atoms with Crippen molar-refractivity contribution in [2.24, 2.45) is 42.1 Å². The summed E-state index contributed by atoms with van der Waals surface area (Å²) in [4.78, 5) is 70.4. The number of rotatable bonds is 19. The van der Waals surface area contributed by atoms with Gasteiger partial charge in [0.15, 0.2) is 0 Å². The average Bonchev–Trinajstić information content (AvgIpc) is 3.82. The number of fused-ring (bicyclic) bond motifs is 6. The number of nitrogens with one attached hydrogen (secondary N) is 2. The van der Waals surface area contributed by atoms with Crippen LogP contribution in [0.1, 0.15) is 78.7 Å². The van der Waals surface area contributed by atoms with E-state index in [-0.39, 0.29) is 85.1 Å². The molecule has 342 valence electrons. The number of imide groups is 1. The summed E-state index contributed by atoms with van der Waals surface area (Å²) >= 11 is 0. The molecule has 6 rings (SSSR count). The van der Waals surface area contributed by atoms with E-state index in [1.807, 2.05) is 89.3 Å². The third-order valence-corrected chi connectivity index (χ3v) is 15.0. The predicted octanol–water partition coefficient (Wildman–Crippen LogP) is 6.75. The van der Waals surface area contributed by atoms with Gasteiger partial charge in [-0.15, -0.1) is 11.7 Å². The third-order valence-electron chi connectivity index (χ3n) is 13.5. The molecular weight excluding hydrogens is 815 g/mol. The van der Waals surface area contributed by atoms with E-state index in [0.29, 0.717) is 38.2 Å². The molecule has 1 aromatic heterocycles. The number of anilines is 1. The number of hydrogen-bond donors (Lipinski definition) is 2. The molecular formula is C49H69N7O6S. The zero-order valence-electron chi connectivity index (χ0n) is 38.9. The number of hydrogen-bond acceptors (Lipinski definition) is 8. The van der Waals surface area contributed by atoms with Crippen LogP contribution in [0, 0.1) is 35.0 Å². The lowest BCUT2D eigenvalue weighted by Crippen LogP contribution is -2.41. The summed E-state index contributed by atoms with van der Waals surface area (Å²) < 4.78 is 7.98. The number of carbonyl (C=O) groups excluding carboxylic acids is 5. The molecule has 2 N–H and O–H groups in total. The molecule has 1 aliphatic carbocycles. The number of amides is 5. The van der Waals surface area contributed by atoms with Crippen LogP contribution in [-0.2, 0) is 42.3 Å². The van der Waals surface area contributed by atoms with Crippen molar-refractivity contribution in [2.45, 2.75) is 85.3 Å². The van der Waals surface area contributed by atoms with Crippen LogP contribution in [-0.4, -0.2) is 106 Å². The Hall–Kier alpha value is -4.82. The Labute approximate surface area is 375 Å². The molecule has 3 aliphatic rings. The van der Waals surface area contributed by atoms with E-state index < -0.39 is 21.0 Å². The molecule has 0 bridgehead atoms. The Morgan fingerprint density at radius 2 is 1.60 bits per heavy atom. The van der Waals surface area contributed by atoms with Gasteiger partial charge in [0.2, 0.25) is 29.5 Å². The summed E-state index contributed by atoms with van der Waals surface area (Å²) in [5.74, 6) is -0.0485. The second-order valence-electron chi connectivity index (χ2n) is 19.8. The van der Waals surface area contributed by atoms with E-state index in [2.05, 4.69) is 53.2 Å². The van der Waals surface area contributed by atoms with Crippen LogP contribution in [0.2, 0.25) is 0 Å². The molecule has 2 fully saturated rings. The lowest BCUT2D eigenvalue weighted by Gasteiger charge is -2.30. The SMILES string of the molecule is C=CC1C(CCCS(C)(C)C)C(C)C2C(=O)N(CCC(=O)NCCC(C)(C)OCCC(C)(C)C(=O)NCCC(=O)N3Cc4ccccc4-c4c(nnn4C)-c4ccccc43)C(=O)C12. The van der Waals surface area contributed by atoms with Crippen molar-refractivity contribution in [3.63, 3.8) is 0 Å². The van der Waals surface area contributed by atoms with E-state index in [0.717, 1.165) is 40.9 Å². The van der Waals surface area contributed by atoms with Crippen LogP contribution in [0.3, 0.4) is 0 Å². The molecule has 1 saturated heterocycles. The number of allylic oxidation sites excluding steroid dienone is 1. The lowest BCUT2D eigenvalue weighted by atomic mass is 9.84. The number of carbonyl (C=O) groups is 5. The molecule has 5 unspecified atom stereocenters. The summed E-state index contributed by atoms with van der Waals surface area (Å²) in [6, 6.07) is 15.7. The quantitative estimate of drug-likeness (QED) is 0.0990. The van der Waals surface area contributed by atoms with Crippen molar-refractivity contribution in [2.75, 3.05) is 55.7 Å². The van der Waals surface area contributed by atoms with Crippen LogP contribution in [0.5, 0.6) is 0 Å². The Morgan fingerprint density at radius 1 is 0.921 bits per heavy atom. The largest absolute Gasteiger partial charge is 0.375 e. The summed E-state index contributed by atoms with van der Waals surface area (Å²) in [5.41, 5.74) is 3.78. The summed E-state index contributed by atoms with van der Waals surface area (Å²) in [6.07, 6.45) is 12.0. The highest BCUT2D eigenvalue weighted by Crippen LogP contribution is 2.53. The molecule has 13 nitrogen and oxygen atoms in total. The molecule has 0 spiro atoms. The van der Waals surface area contributed by atoms with Crippen LogP contribution in [0.15, 0.2) is 61.2 Å². The lowest BCUT2D eigenvalue weighted by molar-refractivity contribution is -0.141. The minimum absolute atomic E-state index is 0.0253. The molecule has 1 saturated carbocycles. The number of ether oxygens (including phenoxy) is 1. The molecule has 2 aromatic carbocycles. The van der Waals surface area contributed by atoms with Gasteiger partial charge in [-0.25, -0.2) is 14.7 Å². The number of para-hydroxylation sites is 1. The van der Waals surface area contributed by atoms with E-state index in [4.69, 9.17) is 4.74 Å². The average molecular weight is 884 g/mol. The number of likely N-dealkylation sites (tertiary alicyclic amines) is 1. The van der Waals surface area contributed by atoms with Crippen molar-refractivity contribution in [1.82, 2.24) is 30.5 Å². The summed E-state index contributed by atoms with van der Waals surface area (Å²) in [7, 11) is 1.26. The van der Waals surface area contributed by atoms with Crippen molar-refractivity contribution >= 4 is 45.3 Å². The molecule has 14 heteroatoms. The summed E-state index contributed by atoms with van der Waals surface area (Å²) in [6.45, 7) is 15.1. The first kappa shape index (κ1) is 47.7. The molecule has 5 atom stereocenters. The van der Waals surface area contributed by atoms with Gasteiger partial charge in [-0.2, -0.15) is 0 Å². The Morgan fingerprint density at radius 3 is 2.32 bits per heavy atom. The number of aryl methyl sites for hydroxylation is 1. The molecule has 3 heterocycles. The third kappa shape index (κ3) is 10.8. The molecule has 63 heavy (non-hydrogen) atoms. The van der Waals surface area contributed by atoms with Gasteiger partial charge in [0.25, 0.3) is 0 Å². The van der Waals surface area contributed by atoms with Gasteiger partial charge in [-0.05, 0) is 93.4 Å². The molecule has 3 aromatic rings. The zero-order valence-corrected chi connectivity index (χ0v) is 39.7. The normalized spacial score (nSPS) is 21.2. The highest BCUT2D eigenvalue weighted by Gasteiger charge is 2.60. The van der Waals surface area contributed by atoms with Gasteiger partial charge in [-0.1, -0.05) is 74.5 Å². The monoisotopic (exact) mass is 884 g/mol. The van der Waals surface area contributed by atoms with Gasteiger partial charge < -0.3 is 20.3 Å². The second-order valence-corrected chi connectivity index (χ2v) is 24.4. The van der Waals surface area contributed by atoms with Gasteiger partial charge >= 0.3 is 0 Å². The van der Waals surface area contributed by atoms with Crippen LogP contribution < -0.4 is 15.5 Å². The fraction of sp³-hybridized carbons (Fsp3) is 0.571. The van der Waals surface area contributed by atoms with Crippen molar-refractivity contribution < 1.29 is 28.7 Å². The van der Waals surface area contributed by atoms with Gasteiger partial charge in [0, 0.05) is 62.7 Å². The number of nitrogens with zero attached hydrogens (tertiary/aromatic N) is 5. The highest BCUT2D eigenvalue weighted by atomic mass is 32.3. The molecule has 5 amide bonds. The maximum Gasteiger partial charge on any atom is 0.233 e. The second kappa shape index (κ2) is 19.5. The topological polar surface area (TPSA) is 156 Å². The van der Waals surface area contributed by atoms with E-state index in [1.54, 1.807) is 9.58 Å². The van der Waals surface area contributed by atoms with Gasteiger partial charge in [0.1, 0.15) is 5.69 Å². The fourth-order valence-electron chi connectivity index (χ4n) is 9.71. The maximum absolute atomic E-state index is 13.9. The van der Waals surface area contributed by atoms with E-state index in [9.17, 15) is 24.0 Å². The highest BCUT2D eigenvalue weighted by molar-refractivity contribution is 8.32. The van der Waals surface area contributed by atoms with Gasteiger partial charge in [0.05, 0.1) is 35.4 Å². The maximum atomic E-state index is 13.9. The zero-order chi connectivity index (χ0) is 45.9. The van der Waals surface area contributed by atoms with Crippen LogP contribution in [0.4, 0.5) is 5.69 Å².